The van der Waals surface area contributed by atoms with Crippen molar-refractivity contribution in [3.63, 3.8) is 0 Å². The molecule has 72 valence electrons. The highest BCUT2D eigenvalue weighted by molar-refractivity contribution is 5.04. The van der Waals surface area contributed by atoms with E-state index in [1.807, 2.05) is 6.20 Å². The molecule has 4 heteroatoms. The van der Waals surface area contributed by atoms with E-state index in [9.17, 15) is 0 Å². The van der Waals surface area contributed by atoms with Crippen LogP contribution < -0.4 is 5.32 Å². The number of rotatable bonds is 1. The van der Waals surface area contributed by atoms with Crippen molar-refractivity contribution in [1.29, 1.82) is 0 Å². The molecule has 2 heterocycles. The minimum Gasteiger partial charge on any atom is -0.366 e. The second-order valence-electron chi connectivity index (χ2n) is 3.56. The molecule has 1 aliphatic rings. The van der Waals surface area contributed by atoms with Gasteiger partial charge < -0.3 is 15.0 Å². The number of nitrogens with zero attached hydrogens (tertiary/aromatic N) is 1. The van der Waals surface area contributed by atoms with Gasteiger partial charge in [-0.25, -0.2) is 4.98 Å². The standard InChI is InChI=1S/C9H15N3O/c1-6-3-11-7(2)9(13-6)8-4-10-5-12-8/h4-7,9,11H,3H2,1-2H3,(H,10,12). The molecule has 1 aliphatic heterocycles. The number of aromatic nitrogens is 2. The van der Waals surface area contributed by atoms with Crippen LogP contribution in [0.25, 0.3) is 0 Å². The Kier molecular flexibility index (Phi) is 2.33. The van der Waals surface area contributed by atoms with Gasteiger partial charge in [0.1, 0.15) is 6.10 Å². The first-order valence-corrected chi connectivity index (χ1v) is 4.65. The lowest BCUT2D eigenvalue weighted by atomic mass is 10.1. The first-order chi connectivity index (χ1) is 6.27. The average Bonchev–Trinajstić information content (AvgIpc) is 2.61. The first kappa shape index (κ1) is 8.72. The van der Waals surface area contributed by atoms with Gasteiger partial charge in [-0.1, -0.05) is 0 Å². The Hall–Kier alpha value is -0.870. The third-order valence-corrected chi connectivity index (χ3v) is 2.37. The fourth-order valence-electron chi connectivity index (χ4n) is 1.63. The summed E-state index contributed by atoms with van der Waals surface area (Å²) < 4.78 is 5.80. The third kappa shape index (κ3) is 1.73. The molecule has 2 rings (SSSR count). The summed E-state index contributed by atoms with van der Waals surface area (Å²) in [6.45, 7) is 5.10. The van der Waals surface area contributed by atoms with Crippen molar-refractivity contribution in [3.8, 4) is 0 Å². The molecule has 3 atom stereocenters. The number of nitrogens with one attached hydrogen (secondary N) is 2. The van der Waals surface area contributed by atoms with Gasteiger partial charge in [0.05, 0.1) is 18.1 Å². The fraction of sp³-hybridized carbons (Fsp3) is 0.667. The van der Waals surface area contributed by atoms with Crippen LogP contribution in [0.3, 0.4) is 0 Å². The van der Waals surface area contributed by atoms with Crippen LogP contribution >= 0.6 is 0 Å². The van der Waals surface area contributed by atoms with Gasteiger partial charge in [-0.05, 0) is 13.8 Å². The van der Waals surface area contributed by atoms with Crippen molar-refractivity contribution in [2.75, 3.05) is 6.54 Å². The van der Waals surface area contributed by atoms with Gasteiger partial charge >= 0.3 is 0 Å². The second kappa shape index (κ2) is 3.47. The zero-order valence-corrected chi connectivity index (χ0v) is 7.95. The average molecular weight is 181 g/mol. The van der Waals surface area contributed by atoms with Crippen LogP contribution in [0.2, 0.25) is 0 Å². The van der Waals surface area contributed by atoms with Crippen LogP contribution in [-0.4, -0.2) is 28.7 Å². The molecule has 2 N–H and O–H groups in total. The zero-order valence-electron chi connectivity index (χ0n) is 7.95. The summed E-state index contributed by atoms with van der Waals surface area (Å²) in [6.07, 6.45) is 3.92. The Morgan fingerprint density at radius 3 is 3.08 bits per heavy atom. The van der Waals surface area contributed by atoms with E-state index in [1.165, 1.54) is 0 Å². The van der Waals surface area contributed by atoms with Crippen molar-refractivity contribution in [2.45, 2.75) is 32.1 Å². The largest absolute Gasteiger partial charge is 0.366 e. The Morgan fingerprint density at radius 2 is 2.38 bits per heavy atom. The Morgan fingerprint density at radius 1 is 1.54 bits per heavy atom. The first-order valence-electron chi connectivity index (χ1n) is 4.65. The van der Waals surface area contributed by atoms with Crippen molar-refractivity contribution >= 4 is 0 Å². The number of hydrogen-bond donors (Lipinski definition) is 2. The van der Waals surface area contributed by atoms with Crippen LogP contribution in [0, 0.1) is 0 Å². The molecule has 13 heavy (non-hydrogen) atoms. The van der Waals surface area contributed by atoms with E-state index in [0.29, 0.717) is 6.04 Å². The van der Waals surface area contributed by atoms with Crippen LogP contribution in [-0.2, 0) is 4.74 Å². The third-order valence-electron chi connectivity index (χ3n) is 2.37. The molecule has 0 amide bonds. The molecule has 0 spiro atoms. The number of morpholine rings is 1. The summed E-state index contributed by atoms with van der Waals surface area (Å²) in [5.41, 5.74) is 0.978. The highest BCUT2D eigenvalue weighted by Crippen LogP contribution is 2.23. The summed E-state index contributed by atoms with van der Waals surface area (Å²) in [5.74, 6) is 0. The maximum Gasteiger partial charge on any atom is 0.116 e. The van der Waals surface area contributed by atoms with Gasteiger partial charge in [0.25, 0.3) is 0 Å². The van der Waals surface area contributed by atoms with Gasteiger partial charge in [0.2, 0.25) is 0 Å². The molecule has 0 aromatic carbocycles. The summed E-state index contributed by atoms with van der Waals surface area (Å²) in [5, 5.41) is 3.39. The van der Waals surface area contributed by atoms with E-state index in [0.717, 1.165) is 12.2 Å². The summed E-state index contributed by atoms with van der Waals surface area (Å²) in [4.78, 5) is 7.15. The molecule has 1 fully saturated rings. The van der Waals surface area contributed by atoms with E-state index in [2.05, 4.69) is 29.1 Å². The van der Waals surface area contributed by atoms with E-state index in [4.69, 9.17) is 4.74 Å². The number of H-pyrrole nitrogens is 1. The summed E-state index contributed by atoms with van der Waals surface area (Å²) in [7, 11) is 0. The van der Waals surface area contributed by atoms with Crippen molar-refractivity contribution in [1.82, 2.24) is 15.3 Å². The van der Waals surface area contributed by atoms with Gasteiger partial charge in [-0.3, -0.25) is 0 Å². The van der Waals surface area contributed by atoms with E-state index in [1.54, 1.807) is 6.33 Å². The van der Waals surface area contributed by atoms with E-state index < -0.39 is 0 Å². The zero-order chi connectivity index (χ0) is 9.26. The number of aromatic amines is 1. The number of imidazole rings is 1. The molecule has 0 aliphatic carbocycles. The normalized spacial score (nSPS) is 34.8. The molecule has 1 aromatic rings. The maximum absolute atomic E-state index is 5.80. The van der Waals surface area contributed by atoms with Crippen LogP contribution in [0.15, 0.2) is 12.5 Å². The summed E-state index contributed by atoms with van der Waals surface area (Å²) >= 11 is 0. The topological polar surface area (TPSA) is 49.9 Å². The minimum absolute atomic E-state index is 0.0787. The number of hydrogen-bond acceptors (Lipinski definition) is 3. The highest BCUT2D eigenvalue weighted by atomic mass is 16.5. The predicted molar refractivity (Wildman–Crippen MR) is 49.3 cm³/mol. The molecule has 0 bridgehead atoms. The van der Waals surface area contributed by atoms with E-state index in [-0.39, 0.29) is 12.2 Å². The monoisotopic (exact) mass is 181 g/mol. The van der Waals surface area contributed by atoms with Crippen molar-refractivity contribution in [2.24, 2.45) is 0 Å². The van der Waals surface area contributed by atoms with Crippen LogP contribution in [0.1, 0.15) is 25.6 Å². The quantitative estimate of drug-likeness (QED) is 0.675. The molecule has 1 aromatic heterocycles. The van der Waals surface area contributed by atoms with Gasteiger partial charge in [-0.2, -0.15) is 0 Å². The molecule has 0 radical (unpaired) electrons. The van der Waals surface area contributed by atoms with Gasteiger partial charge in [0.15, 0.2) is 0 Å². The van der Waals surface area contributed by atoms with E-state index >= 15 is 0 Å². The maximum atomic E-state index is 5.80. The van der Waals surface area contributed by atoms with Gasteiger partial charge in [-0.15, -0.1) is 0 Å². The van der Waals surface area contributed by atoms with Crippen molar-refractivity contribution in [3.05, 3.63) is 18.2 Å². The molecule has 0 saturated carbocycles. The molecular formula is C9H15N3O. The highest BCUT2D eigenvalue weighted by Gasteiger charge is 2.28. The Balaban J connectivity index is 2.12. The molecular weight excluding hydrogens is 166 g/mol. The lowest BCUT2D eigenvalue weighted by molar-refractivity contribution is -0.0539. The number of ether oxygens (including phenoxy) is 1. The van der Waals surface area contributed by atoms with Crippen LogP contribution in [0.5, 0.6) is 0 Å². The van der Waals surface area contributed by atoms with Gasteiger partial charge in [0, 0.05) is 18.8 Å². The second-order valence-corrected chi connectivity index (χ2v) is 3.56. The Bertz CT molecular complexity index is 260. The smallest absolute Gasteiger partial charge is 0.116 e. The predicted octanol–water partition coefficient (Wildman–Crippen LogP) is 0.848. The SMILES string of the molecule is CC1CNC(C)C(c2c[nH]cn2)O1. The van der Waals surface area contributed by atoms with Crippen molar-refractivity contribution < 1.29 is 4.74 Å². The lowest BCUT2D eigenvalue weighted by Crippen LogP contribution is -2.45. The lowest BCUT2D eigenvalue weighted by Gasteiger charge is -2.33. The molecule has 3 unspecified atom stereocenters. The van der Waals surface area contributed by atoms with Crippen LogP contribution in [0.4, 0.5) is 0 Å². The minimum atomic E-state index is 0.0787. The Labute approximate surface area is 77.7 Å². The molecule has 1 saturated heterocycles. The fourth-order valence-corrected chi connectivity index (χ4v) is 1.63. The summed E-state index contributed by atoms with van der Waals surface area (Å²) in [6, 6.07) is 0.333. The molecule has 4 nitrogen and oxygen atoms in total.